The maximum Gasteiger partial charge on any atom is 0.422 e. The molecule has 2 heterocycles. The van der Waals surface area contributed by atoms with Crippen LogP contribution in [-0.2, 0) is 25.3 Å². The van der Waals surface area contributed by atoms with Gasteiger partial charge >= 0.3 is 12.1 Å². The van der Waals surface area contributed by atoms with Crippen LogP contribution in [0.5, 0.6) is 0 Å². The minimum atomic E-state index is -4.69. The lowest BCUT2D eigenvalue weighted by Crippen LogP contribution is -2.43. The van der Waals surface area contributed by atoms with Gasteiger partial charge in [0.1, 0.15) is 11.9 Å². The Kier molecular flexibility index (Phi) is 8.19. The zero-order chi connectivity index (χ0) is 26.5. The molecule has 36 heavy (non-hydrogen) atoms. The normalized spacial score (nSPS) is 14.7. The van der Waals surface area contributed by atoms with E-state index in [2.05, 4.69) is 14.4 Å². The number of pyridine rings is 1. The second-order valence-electron chi connectivity index (χ2n) is 8.27. The molecule has 0 saturated carbocycles. The van der Waals surface area contributed by atoms with Crippen LogP contribution in [0.1, 0.15) is 40.0 Å². The summed E-state index contributed by atoms with van der Waals surface area (Å²) in [6, 6.07) is 11.5. The number of carbonyl (C=O) groups is 2. The van der Waals surface area contributed by atoms with Crippen LogP contribution in [0.25, 0.3) is 0 Å². The van der Waals surface area contributed by atoms with Crippen molar-refractivity contribution in [2.75, 3.05) is 24.6 Å². The molecular formula is C23H23F3N4O5S. The number of halogens is 3. The fourth-order valence-electron chi connectivity index (χ4n) is 3.77. The Morgan fingerprint density at radius 2 is 1.86 bits per heavy atom. The Morgan fingerprint density at radius 3 is 2.44 bits per heavy atom. The predicted octanol–water partition coefficient (Wildman–Crippen LogP) is 2.84. The number of nitriles is 1. The maximum atomic E-state index is 12.6. The number of benzene rings is 1. The van der Waals surface area contributed by atoms with Crippen molar-refractivity contribution < 1.29 is 35.9 Å². The van der Waals surface area contributed by atoms with Crippen LogP contribution >= 0.6 is 0 Å². The number of nitrogens with one attached hydrogen (secondary N) is 1. The number of hydrogen-bond acceptors (Lipinski definition) is 8. The summed E-state index contributed by atoms with van der Waals surface area (Å²) in [6.07, 6.45) is -4.12. The second-order valence-corrected chi connectivity index (χ2v) is 9.99. The van der Waals surface area contributed by atoms with Gasteiger partial charge in [-0.1, -0.05) is 30.3 Å². The Balaban J connectivity index is 1.64. The van der Waals surface area contributed by atoms with Gasteiger partial charge in [-0.05, 0) is 31.4 Å². The number of esters is 1. The highest BCUT2D eigenvalue weighted by atomic mass is 32.2. The van der Waals surface area contributed by atoms with Gasteiger partial charge in [-0.15, -0.1) is 0 Å². The number of carbonyl (C=O) groups excluding carboxylic acids is 2. The zero-order valence-electron chi connectivity index (χ0n) is 19.2. The van der Waals surface area contributed by atoms with Gasteiger partial charge in [-0.3, -0.25) is 9.52 Å². The van der Waals surface area contributed by atoms with E-state index in [1.54, 1.807) is 35.2 Å². The largest absolute Gasteiger partial charge is 0.452 e. The standard InChI is InChI=1S/C23H23F3N4O5S/c1-15-19(22(32)35-14-23(24,25)26)11-18(12-27)20(28-15)30-9-7-17(8-10-30)21(31)29-36(33,34)13-16-5-3-2-4-6-16/h2-6,11,17H,7-10,13-14H2,1H3,(H,29,31). The monoisotopic (exact) mass is 524 g/mol. The average Bonchev–Trinajstić information content (AvgIpc) is 2.82. The summed E-state index contributed by atoms with van der Waals surface area (Å²) in [7, 11) is -3.87. The van der Waals surface area contributed by atoms with E-state index in [0.717, 1.165) is 6.07 Å². The molecule has 0 unspecified atom stereocenters. The topological polar surface area (TPSA) is 129 Å². The van der Waals surface area contributed by atoms with E-state index < -0.39 is 40.6 Å². The third-order valence-corrected chi connectivity index (χ3v) is 6.75. The van der Waals surface area contributed by atoms with Crippen LogP contribution in [0.4, 0.5) is 19.0 Å². The Morgan fingerprint density at radius 1 is 1.22 bits per heavy atom. The third-order valence-electron chi connectivity index (χ3n) is 5.52. The molecule has 1 fully saturated rings. The van der Waals surface area contributed by atoms with E-state index in [-0.39, 0.29) is 54.3 Å². The number of rotatable bonds is 7. The smallest absolute Gasteiger partial charge is 0.422 e. The van der Waals surface area contributed by atoms with E-state index in [9.17, 15) is 36.4 Å². The van der Waals surface area contributed by atoms with Crippen LogP contribution in [0.15, 0.2) is 36.4 Å². The molecule has 13 heteroatoms. The minimum Gasteiger partial charge on any atom is -0.452 e. The highest BCUT2D eigenvalue weighted by Gasteiger charge is 2.32. The van der Waals surface area contributed by atoms with Crippen LogP contribution in [0.2, 0.25) is 0 Å². The molecule has 0 aliphatic carbocycles. The van der Waals surface area contributed by atoms with Gasteiger partial charge in [0.15, 0.2) is 6.61 Å². The fourth-order valence-corrected chi connectivity index (χ4v) is 4.94. The Labute approximate surface area is 205 Å². The predicted molar refractivity (Wildman–Crippen MR) is 122 cm³/mol. The average molecular weight is 525 g/mol. The van der Waals surface area contributed by atoms with Crippen molar-refractivity contribution in [1.29, 1.82) is 5.26 Å². The van der Waals surface area contributed by atoms with Crippen molar-refractivity contribution in [3.63, 3.8) is 0 Å². The van der Waals surface area contributed by atoms with Gasteiger partial charge in [-0.25, -0.2) is 18.2 Å². The van der Waals surface area contributed by atoms with Gasteiger partial charge in [-0.2, -0.15) is 18.4 Å². The molecule has 1 aliphatic rings. The highest BCUT2D eigenvalue weighted by Crippen LogP contribution is 2.27. The quantitative estimate of drug-likeness (QED) is 0.548. The van der Waals surface area contributed by atoms with Crippen molar-refractivity contribution in [2.45, 2.75) is 31.7 Å². The summed E-state index contributed by atoms with van der Waals surface area (Å²) >= 11 is 0. The summed E-state index contributed by atoms with van der Waals surface area (Å²) in [6.45, 7) is 0.198. The van der Waals surface area contributed by atoms with Crippen molar-refractivity contribution >= 4 is 27.7 Å². The lowest BCUT2D eigenvalue weighted by atomic mass is 9.96. The van der Waals surface area contributed by atoms with Gasteiger partial charge in [0.2, 0.25) is 15.9 Å². The molecule has 0 bridgehead atoms. The van der Waals surface area contributed by atoms with Gasteiger partial charge in [0, 0.05) is 19.0 Å². The highest BCUT2D eigenvalue weighted by molar-refractivity contribution is 7.89. The van der Waals surface area contributed by atoms with Crippen molar-refractivity contribution in [2.24, 2.45) is 5.92 Å². The molecule has 1 aromatic heterocycles. The van der Waals surface area contributed by atoms with Crippen molar-refractivity contribution in [1.82, 2.24) is 9.71 Å². The lowest BCUT2D eigenvalue weighted by molar-refractivity contribution is -0.161. The number of anilines is 1. The molecule has 0 atom stereocenters. The van der Waals surface area contributed by atoms with E-state index in [1.807, 2.05) is 6.07 Å². The number of aromatic nitrogens is 1. The number of piperidine rings is 1. The van der Waals surface area contributed by atoms with Gasteiger partial charge in [0.25, 0.3) is 0 Å². The molecular weight excluding hydrogens is 501 g/mol. The number of amides is 1. The van der Waals surface area contributed by atoms with Crippen LogP contribution in [0.3, 0.4) is 0 Å². The van der Waals surface area contributed by atoms with E-state index >= 15 is 0 Å². The molecule has 1 amide bonds. The molecule has 1 N–H and O–H groups in total. The van der Waals surface area contributed by atoms with Crippen LogP contribution in [0, 0.1) is 24.2 Å². The summed E-state index contributed by atoms with van der Waals surface area (Å²) in [4.78, 5) is 30.5. The Hall–Kier alpha value is -3.66. The molecule has 9 nitrogen and oxygen atoms in total. The first-order valence-corrected chi connectivity index (χ1v) is 12.5. The van der Waals surface area contributed by atoms with Crippen molar-refractivity contribution in [3.8, 4) is 6.07 Å². The summed E-state index contributed by atoms with van der Waals surface area (Å²) < 4.78 is 68.1. The summed E-state index contributed by atoms with van der Waals surface area (Å²) in [5.74, 6) is -2.54. The molecule has 192 valence electrons. The molecule has 1 aromatic carbocycles. The minimum absolute atomic E-state index is 0.0344. The number of aryl methyl sites for hydroxylation is 1. The molecule has 0 radical (unpaired) electrons. The van der Waals surface area contributed by atoms with Gasteiger partial charge < -0.3 is 9.64 Å². The molecule has 2 aromatic rings. The SMILES string of the molecule is Cc1nc(N2CCC(C(=O)NS(=O)(=O)Cc3ccccc3)CC2)c(C#N)cc1C(=O)OCC(F)(F)F. The second kappa shape index (κ2) is 10.9. The van der Waals surface area contributed by atoms with Gasteiger partial charge in [0.05, 0.1) is 22.6 Å². The van der Waals surface area contributed by atoms with Crippen molar-refractivity contribution in [3.05, 3.63) is 58.8 Å². The Bertz CT molecular complexity index is 1270. The summed E-state index contributed by atoms with van der Waals surface area (Å²) in [5, 5.41) is 9.51. The van der Waals surface area contributed by atoms with Crippen LogP contribution < -0.4 is 9.62 Å². The zero-order valence-corrected chi connectivity index (χ0v) is 20.0. The van der Waals surface area contributed by atoms with E-state index in [0.29, 0.717) is 5.56 Å². The third kappa shape index (κ3) is 7.17. The molecule has 0 spiro atoms. The first-order valence-electron chi connectivity index (χ1n) is 10.9. The van der Waals surface area contributed by atoms with E-state index in [4.69, 9.17) is 0 Å². The first kappa shape index (κ1) is 26.9. The number of hydrogen-bond donors (Lipinski definition) is 1. The lowest BCUT2D eigenvalue weighted by Gasteiger charge is -2.32. The van der Waals surface area contributed by atoms with Crippen LogP contribution in [-0.4, -0.2) is 51.2 Å². The molecule has 1 aliphatic heterocycles. The number of alkyl halides is 3. The first-order chi connectivity index (χ1) is 16.9. The maximum absolute atomic E-state index is 12.6. The number of sulfonamides is 1. The molecule has 3 rings (SSSR count). The number of ether oxygens (including phenoxy) is 1. The molecule has 1 saturated heterocycles. The fraction of sp³-hybridized carbons (Fsp3) is 0.391. The van der Waals surface area contributed by atoms with E-state index in [1.165, 1.54) is 6.92 Å². The number of nitrogens with zero attached hydrogens (tertiary/aromatic N) is 3. The summed E-state index contributed by atoms with van der Waals surface area (Å²) in [5.41, 5.74) is 0.345.